The molecular formula is C18H22FN5O4S. The van der Waals surface area contributed by atoms with Crippen LogP contribution in [0.4, 0.5) is 16.4 Å². The standard InChI is InChI=1S/C18H22FN5O4S/c1-20-29(25,26)24(18-21-8-9-27-18)11-12-2-5-14(6-3-12)22-17-23-15-7-4-13(19)10-16(15)28-17/h4,7-10,12,14,20H,2-3,5-6,11H2,1H3,(H,22,23). The second kappa shape index (κ2) is 7.99. The predicted molar refractivity (Wildman–Crippen MR) is 105 cm³/mol. The van der Waals surface area contributed by atoms with Gasteiger partial charge in [0.25, 0.3) is 6.01 Å². The average molecular weight is 423 g/mol. The van der Waals surface area contributed by atoms with Gasteiger partial charge in [0.1, 0.15) is 17.6 Å². The Bertz CT molecular complexity index is 1060. The van der Waals surface area contributed by atoms with Crippen LogP contribution in [0.15, 0.2) is 39.5 Å². The summed E-state index contributed by atoms with van der Waals surface area (Å²) >= 11 is 0. The maximum Gasteiger partial charge on any atom is 0.312 e. The minimum absolute atomic E-state index is 0.0540. The summed E-state index contributed by atoms with van der Waals surface area (Å²) in [5.74, 6) is -0.200. The molecule has 1 aliphatic rings. The first-order valence-corrected chi connectivity index (χ1v) is 10.8. The average Bonchev–Trinajstić information content (AvgIpc) is 3.36. The molecule has 0 amide bonds. The van der Waals surface area contributed by atoms with Gasteiger partial charge >= 0.3 is 16.2 Å². The second-order valence-electron chi connectivity index (χ2n) is 7.05. The van der Waals surface area contributed by atoms with Gasteiger partial charge in [-0.25, -0.2) is 18.4 Å². The number of anilines is 2. The summed E-state index contributed by atoms with van der Waals surface area (Å²) in [6, 6.07) is 4.81. The molecule has 2 aromatic heterocycles. The van der Waals surface area contributed by atoms with Crippen LogP contribution in [-0.4, -0.2) is 38.0 Å². The van der Waals surface area contributed by atoms with Crippen molar-refractivity contribution in [2.24, 2.45) is 5.92 Å². The third kappa shape index (κ3) is 4.35. The third-order valence-corrected chi connectivity index (χ3v) is 6.53. The number of rotatable bonds is 7. The first-order chi connectivity index (χ1) is 13.9. The summed E-state index contributed by atoms with van der Waals surface area (Å²) < 4.78 is 52.2. The van der Waals surface area contributed by atoms with Crippen LogP contribution in [0.2, 0.25) is 0 Å². The van der Waals surface area contributed by atoms with E-state index in [1.54, 1.807) is 6.07 Å². The zero-order valence-corrected chi connectivity index (χ0v) is 16.7. The van der Waals surface area contributed by atoms with E-state index in [4.69, 9.17) is 8.83 Å². The highest BCUT2D eigenvalue weighted by Gasteiger charge is 2.30. The lowest BCUT2D eigenvalue weighted by Crippen LogP contribution is -2.43. The normalized spacial score (nSPS) is 20.1. The van der Waals surface area contributed by atoms with E-state index >= 15 is 0 Å². The van der Waals surface area contributed by atoms with Crippen LogP contribution in [0.1, 0.15) is 25.7 Å². The molecule has 0 radical (unpaired) electrons. The summed E-state index contributed by atoms with van der Waals surface area (Å²) in [5.41, 5.74) is 1.00. The minimum atomic E-state index is -3.71. The summed E-state index contributed by atoms with van der Waals surface area (Å²) in [7, 11) is -2.35. The number of hydrogen-bond donors (Lipinski definition) is 2. The number of nitrogens with one attached hydrogen (secondary N) is 2. The van der Waals surface area contributed by atoms with Gasteiger partial charge in [0, 0.05) is 25.7 Å². The summed E-state index contributed by atoms with van der Waals surface area (Å²) in [6.45, 7) is 0.290. The molecule has 1 fully saturated rings. The molecule has 4 rings (SSSR count). The molecule has 156 valence electrons. The van der Waals surface area contributed by atoms with Gasteiger partial charge < -0.3 is 14.2 Å². The molecule has 0 atom stereocenters. The quantitative estimate of drug-likeness (QED) is 0.601. The van der Waals surface area contributed by atoms with E-state index in [9.17, 15) is 12.8 Å². The Hall–Kier alpha value is -2.66. The maximum absolute atomic E-state index is 13.3. The smallest absolute Gasteiger partial charge is 0.312 e. The van der Waals surface area contributed by atoms with Gasteiger partial charge in [-0.15, -0.1) is 0 Å². The van der Waals surface area contributed by atoms with E-state index in [2.05, 4.69) is 20.0 Å². The van der Waals surface area contributed by atoms with E-state index in [-0.39, 0.29) is 23.8 Å². The van der Waals surface area contributed by atoms with Gasteiger partial charge in [0.2, 0.25) is 0 Å². The van der Waals surface area contributed by atoms with Crippen LogP contribution in [0, 0.1) is 11.7 Å². The molecular weight excluding hydrogens is 401 g/mol. The Morgan fingerprint density at radius 1 is 1.28 bits per heavy atom. The molecule has 2 N–H and O–H groups in total. The molecule has 11 heteroatoms. The van der Waals surface area contributed by atoms with Crippen molar-refractivity contribution < 1.29 is 21.6 Å². The molecule has 1 saturated carbocycles. The molecule has 0 bridgehead atoms. The lowest BCUT2D eigenvalue weighted by atomic mass is 9.86. The second-order valence-corrected chi connectivity index (χ2v) is 8.85. The minimum Gasteiger partial charge on any atom is -0.431 e. The highest BCUT2D eigenvalue weighted by atomic mass is 32.2. The van der Waals surface area contributed by atoms with Gasteiger partial charge in [0.05, 0.1) is 6.20 Å². The molecule has 1 aliphatic carbocycles. The molecule has 0 saturated heterocycles. The van der Waals surface area contributed by atoms with E-state index in [0.717, 1.165) is 25.7 Å². The first kappa shape index (κ1) is 19.6. The number of oxazole rings is 2. The first-order valence-electron chi connectivity index (χ1n) is 9.38. The monoisotopic (exact) mass is 423 g/mol. The Labute approximate surface area is 167 Å². The van der Waals surface area contributed by atoms with E-state index in [0.29, 0.717) is 23.7 Å². The lowest BCUT2D eigenvalue weighted by molar-refractivity contribution is 0.338. The van der Waals surface area contributed by atoms with Crippen molar-refractivity contribution in [1.29, 1.82) is 0 Å². The molecule has 3 aromatic rings. The molecule has 0 spiro atoms. The van der Waals surface area contributed by atoms with E-state index in [1.165, 1.54) is 35.9 Å². The molecule has 0 aliphatic heterocycles. The van der Waals surface area contributed by atoms with Crippen molar-refractivity contribution in [2.75, 3.05) is 23.2 Å². The fourth-order valence-electron chi connectivity index (χ4n) is 3.59. The van der Waals surface area contributed by atoms with Crippen molar-refractivity contribution in [3.8, 4) is 0 Å². The van der Waals surface area contributed by atoms with Crippen LogP contribution in [0.3, 0.4) is 0 Å². The van der Waals surface area contributed by atoms with Crippen LogP contribution in [0.5, 0.6) is 0 Å². The topological polar surface area (TPSA) is 114 Å². The van der Waals surface area contributed by atoms with Crippen LogP contribution in [-0.2, 0) is 10.2 Å². The lowest BCUT2D eigenvalue weighted by Gasteiger charge is -2.31. The van der Waals surface area contributed by atoms with Crippen LogP contribution >= 0.6 is 0 Å². The molecule has 2 heterocycles. The summed E-state index contributed by atoms with van der Waals surface area (Å²) in [6.07, 6.45) is 6.07. The maximum atomic E-state index is 13.3. The van der Waals surface area contributed by atoms with Crippen molar-refractivity contribution >= 4 is 33.3 Å². The van der Waals surface area contributed by atoms with Gasteiger partial charge in [0.15, 0.2) is 5.58 Å². The highest BCUT2D eigenvalue weighted by molar-refractivity contribution is 7.90. The number of aromatic nitrogens is 2. The van der Waals surface area contributed by atoms with Crippen molar-refractivity contribution in [3.05, 3.63) is 36.5 Å². The summed E-state index contributed by atoms with van der Waals surface area (Å²) in [5, 5.41) is 3.26. The molecule has 0 unspecified atom stereocenters. The summed E-state index contributed by atoms with van der Waals surface area (Å²) in [4.78, 5) is 8.31. The van der Waals surface area contributed by atoms with Crippen LogP contribution < -0.4 is 14.3 Å². The van der Waals surface area contributed by atoms with Gasteiger partial charge in [-0.2, -0.15) is 13.4 Å². The molecule has 9 nitrogen and oxygen atoms in total. The zero-order valence-electron chi connectivity index (χ0n) is 15.8. The van der Waals surface area contributed by atoms with Gasteiger partial charge in [-0.3, -0.25) is 0 Å². The third-order valence-electron chi connectivity index (χ3n) is 5.13. The number of nitrogens with zero attached hydrogens (tertiary/aromatic N) is 3. The number of halogens is 1. The Morgan fingerprint density at radius 2 is 2.07 bits per heavy atom. The van der Waals surface area contributed by atoms with Crippen LogP contribution in [0.25, 0.3) is 11.1 Å². The Morgan fingerprint density at radius 3 is 2.76 bits per heavy atom. The Balaban J connectivity index is 1.37. The van der Waals surface area contributed by atoms with E-state index < -0.39 is 10.2 Å². The van der Waals surface area contributed by atoms with Gasteiger partial charge in [-0.05, 0) is 43.7 Å². The van der Waals surface area contributed by atoms with Crippen molar-refractivity contribution in [1.82, 2.24) is 14.7 Å². The highest BCUT2D eigenvalue weighted by Crippen LogP contribution is 2.30. The predicted octanol–water partition coefficient (Wildman–Crippen LogP) is 2.90. The van der Waals surface area contributed by atoms with Crippen molar-refractivity contribution in [2.45, 2.75) is 31.7 Å². The molecule has 1 aromatic carbocycles. The van der Waals surface area contributed by atoms with Gasteiger partial charge in [-0.1, -0.05) is 0 Å². The number of benzene rings is 1. The Kier molecular flexibility index (Phi) is 5.41. The fourth-order valence-corrected chi connectivity index (χ4v) is 4.51. The largest absolute Gasteiger partial charge is 0.431 e. The van der Waals surface area contributed by atoms with E-state index in [1.807, 2.05) is 0 Å². The SMILES string of the molecule is CNS(=O)(=O)N(CC1CCC(Nc2nc3ccc(F)cc3o2)CC1)c1ncco1. The zero-order chi connectivity index (χ0) is 20.4. The van der Waals surface area contributed by atoms with Crippen molar-refractivity contribution in [3.63, 3.8) is 0 Å². The molecule has 29 heavy (non-hydrogen) atoms. The number of hydrogen-bond acceptors (Lipinski definition) is 7. The number of fused-ring (bicyclic) bond motifs is 1. The fraction of sp³-hybridized carbons (Fsp3) is 0.444.